The zero-order valence-electron chi connectivity index (χ0n) is 9.09. The SMILES string of the molecule is C=CC1CSCN1C(=O)[C@@H]1CC(C=O)CN1. The molecule has 1 N–H and O–H groups in total. The van der Waals surface area contributed by atoms with E-state index in [2.05, 4.69) is 11.9 Å². The van der Waals surface area contributed by atoms with E-state index >= 15 is 0 Å². The van der Waals surface area contributed by atoms with Crippen LogP contribution in [0.25, 0.3) is 0 Å². The summed E-state index contributed by atoms with van der Waals surface area (Å²) in [5, 5.41) is 3.11. The number of amides is 1. The Morgan fingerprint density at radius 1 is 1.56 bits per heavy atom. The second kappa shape index (κ2) is 5.01. The van der Waals surface area contributed by atoms with Crippen molar-refractivity contribution >= 4 is 24.0 Å². The van der Waals surface area contributed by atoms with Gasteiger partial charge >= 0.3 is 0 Å². The molecule has 5 heteroatoms. The van der Waals surface area contributed by atoms with Crippen molar-refractivity contribution in [3.05, 3.63) is 12.7 Å². The Labute approximate surface area is 99.4 Å². The largest absolute Gasteiger partial charge is 0.325 e. The van der Waals surface area contributed by atoms with Crippen molar-refractivity contribution < 1.29 is 9.59 Å². The molecular formula is C11H16N2O2S. The second-order valence-electron chi connectivity index (χ2n) is 4.20. The molecule has 2 aliphatic rings. The standard InChI is InChI=1S/C11H16N2O2S/c1-2-9-6-16-7-13(9)11(15)10-3-8(5-14)4-12-10/h2,5,8-10,12H,1,3-4,6-7H2/t8?,9?,10-/m0/s1. The summed E-state index contributed by atoms with van der Waals surface area (Å²) >= 11 is 1.75. The van der Waals surface area contributed by atoms with Crippen molar-refractivity contribution in [3.63, 3.8) is 0 Å². The molecule has 0 aromatic carbocycles. The molecule has 2 fully saturated rings. The maximum atomic E-state index is 12.2. The first-order chi connectivity index (χ1) is 7.76. The van der Waals surface area contributed by atoms with E-state index in [-0.39, 0.29) is 23.9 Å². The lowest BCUT2D eigenvalue weighted by Gasteiger charge is -2.24. The second-order valence-corrected chi connectivity index (χ2v) is 5.20. The lowest BCUT2D eigenvalue weighted by Crippen LogP contribution is -2.45. The molecule has 0 bridgehead atoms. The van der Waals surface area contributed by atoms with E-state index in [9.17, 15) is 9.59 Å². The molecule has 2 heterocycles. The third-order valence-electron chi connectivity index (χ3n) is 3.13. The van der Waals surface area contributed by atoms with Crippen LogP contribution in [0.1, 0.15) is 6.42 Å². The van der Waals surface area contributed by atoms with Gasteiger partial charge in [-0.25, -0.2) is 0 Å². The fourth-order valence-corrected chi connectivity index (χ4v) is 3.31. The predicted molar refractivity (Wildman–Crippen MR) is 64.1 cm³/mol. The van der Waals surface area contributed by atoms with Gasteiger partial charge in [-0.3, -0.25) is 4.79 Å². The Bertz CT molecular complexity index is 308. The topological polar surface area (TPSA) is 49.4 Å². The minimum Gasteiger partial charge on any atom is -0.325 e. The monoisotopic (exact) mass is 240 g/mol. The van der Waals surface area contributed by atoms with Crippen LogP contribution in [0.15, 0.2) is 12.7 Å². The third kappa shape index (κ3) is 2.15. The van der Waals surface area contributed by atoms with Crippen molar-refractivity contribution in [1.82, 2.24) is 10.2 Å². The molecule has 0 spiro atoms. The zero-order chi connectivity index (χ0) is 11.5. The van der Waals surface area contributed by atoms with Gasteiger partial charge in [-0.1, -0.05) is 6.08 Å². The van der Waals surface area contributed by atoms with Gasteiger partial charge < -0.3 is 15.0 Å². The number of nitrogens with one attached hydrogen (secondary N) is 1. The summed E-state index contributed by atoms with van der Waals surface area (Å²) in [5.41, 5.74) is 0. The van der Waals surface area contributed by atoms with Gasteiger partial charge in [-0.15, -0.1) is 18.3 Å². The van der Waals surface area contributed by atoms with Crippen LogP contribution in [-0.2, 0) is 9.59 Å². The summed E-state index contributed by atoms with van der Waals surface area (Å²) in [6.07, 6.45) is 3.39. The molecule has 1 amide bonds. The average Bonchev–Trinajstić information content (AvgIpc) is 2.96. The highest BCUT2D eigenvalue weighted by molar-refractivity contribution is 7.99. The first-order valence-corrected chi connectivity index (χ1v) is 6.61. The first kappa shape index (κ1) is 11.7. The van der Waals surface area contributed by atoms with Gasteiger partial charge in [0.2, 0.25) is 5.91 Å². The number of rotatable bonds is 3. The normalized spacial score (nSPS) is 34.0. The number of nitrogens with zero attached hydrogens (tertiary/aromatic N) is 1. The molecule has 3 atom stereocenters. The zero-order valence-corrected chi connectivity index (χ0v) is 9.91. The fraction of sp³-hybridized carbons (Fsp3) is 0.636. The van der Waals surface area contributed by atoms with Crippen molar-refractivity contribution in [2.24, 2.45) is 5.92 Å². The van der Waals surface area contributed by atoms with E-state index in [0.717, 1.165) is 17.9 Å². The van der Waals surface area contributed by atoms with Gasteiger partial charge in [0.15, 0.2) is 0 Å². The van der Waals surface area contributed by atoms with E-state index < -0.39 is 0 Å². The first-order valence-electron chi connectivity index (χ1n) is 5.45. The van der Waals surface area contributed by atoms with Crippen LogP contribution in [0, 0.1) is 5.92 Å². The maximum absolute atomic E-state index is 12.2. The lowest BCUT2D eigenvalue weighted by molar-refractivity contribution is -0.132. The molecule has 2 rings (SSSR count). The van der Waals surface area contributed by atoms with Gasteiger partial charge in [0, 0.05) is 18.2 Å². The summed E-state index contributed by atoms with van der Waals surface area (Å²) in [4.78, 5) is 24.6. The Morgan fingerprint density at radius 2 is 2.38 bits per heavy atom. The Balaban J connectivity index is 1.97. The van der Waals surface area contributed by atoms with E-state index in [4.69, 9.17) is 0 Å². The average molecular weight is 240 g/mol. The summed E-state index contributed by atoms with van der Waals surface area (Å²) in [6, 6.07) is -0.0362. The van der Waals surface area contributed by atoms with Crippen LogP contribution in [0.4, 0.5) is 0 Å². The van der Waals surface area contributed by atoms with Crippen LogP contribution in [0.5, 0.6) is 0 Å². The highest BCUT2D eigenvalue weighted by Gasteiger charge is 2.36. The van der Waals surface area contributed by atoms with Crippen LogP contribution >= 0.6 is 11.8 Å². The number of hydrogen-bond acceptors (Lipinski definition) is 4. The molecule has 0 aromatic heterocycles. The smallest absolute Gasteiger partial charge is 0.240 e. The number of carbonyl (C=O) groups is 2. The molecule has 0 aromatic rings. The number of aldehydes is 1. The molecular weight excluding hydrogens is 224 g/mol. The van der Waals surface area contributed by atoms with Crippen molar-refractivity contribution in [2.45, 2.75) is 18.5 Å². The van der Waals surface area contributed by atoms with Crippen LogP contribution in [0.3, 0.4) is 0 Å². The number of carbonyl (C=O) groups excluding carboxylic acids is 2. The molecule has 0 aliphatic carbocycles. The van der Waals surface area contributed by atoms with Crippen LogP contribution < -0.4 is 5.32 Å². The number of thioether (sulfide) groups is 1. The Hall–Kier alpha value is -0.810. The number of hydrogen-bond donors (Lipinski definition) is 1. The predicted octanol–water partition coefficient (Wildman–Crippen LogP) is 0.251. The molecule has 2 aliphatic heterocycles. The van der Waals surface area contributed by atoms with E-state index in [0.29, 0.717) is 13.0 Å². The van der Waals surface area contributed by atoms with Gasteiger partial charge in [0.1, 0.15) is 6.29 Å². The molecule has 2 saturated heterocycles. The van der Waals surface area contributed by atoms with Crippen LogP contribution in [-0.4, -0.2) is 47.4 Å². The summed E-state index contributed by atoms with van der Waals surface area (Å²) in [6.45, 7) is 4.37. The van der Waals surface area contributed by atoms with Gasteiger partial charge in [0.25, 0.3) is 0 Å². The minimum atomic E-state index is -0.184. The third-order valence-corrected chi connectivity index (χ3v) is 4.17. The van der Waals surface area contributed by atoms with Crippen molar-refractivity contribution in [3.8, 4) is 0 Å². The highest BCUT2D eigenvalue weighted by atomic mass is 32.2. The lowest BCUT2D eigenvalue weighted by atomic mass is 10.1. The van der Waals surface area contributed by atoms with E-state index in [1.54, 1.807) is 11.8 Å². The van der Waals surface area contributed by atoms with Gasteiger partial charge in [-0.05, 0) is 6.42 Å². The van der Waals surface area contributed by atoms with E-state index in [1.807, 2.05) is 11.0 Å². The van der Waals surface area contributed by atoms with Gasteiger partial charge in [0.05, 0.1) is 18.0 Å². The van der Waals surface area contributed by atoms with Crippen molar-refractivity contribution in [1.29, 1.82) is 0 Å². The summed E-state index contributed by atoms with van der Waals surface area (Å²) in [5.74, 6) is 1.77. The summed E-state index contributed by atoms with van der Waals surface area (Å²) in [7, 11) is 0. The van der Waals surface area contributed by atoms with Crippen LogP contribution in [0.2, 0.25) is 0 Å². The fourth-order valence-electron chi connectivity index (χ4n) is 2.13. The molecule has 16 heavy (non-hydrogen) atoms. The summed E-state index contributed by atoms with van der Waals surface area (Å²) < 4.78 is 0. The minimum absolute atomic E-state index is 0.00797. The highest BCUT2D eigenvalue weighted by Crippen LogP contribution is 2.24. The van der Waals surface area contributed by atoms with Gasteiger partial charge in [-0.2, -0.15) is 0 Å². The quantitative estimate of drug-likeness (QED) is 0.567. The maximum Gasteiger partial charge on any atom is 0.240 e. The molecule has 2 unspecified atom stereocenters. The molecule has 0 saturated carbocycles. The molecule has 4 nitrogen and oxygen atoms in total. The van der Waals surface area contributed by atoms with Crippen molar-refractivity contribution in [2.75, 3.05) is 18.2 Å². The molecule has 88 valence electrons. The Kier molecular flexibility index (Phi) is 3.66. The Morgan fingerprint density at radius 3 is 3.00 bits per heavy atom. The van der Waals surface area contributed by atoms with E-state index in [1.165, 1.54) is 0 Å². The molecule has 0 radical (unpaired) electrons.